The number of aromatic carboxylic acids is 1. The number of hydrogen-bond acceptors (Lipinski definition) is 2. The zero-order valence-electron chi connectivity index (χ0n) is 7.63. The van der Waals surface area contributed by atoms with Gasteiger partial charge in [-0.25, -0.2) is 9.18 Å². The first-order valence-corrected chi connectivity index (χ1v) is 5.83. The maximum absolute atomic E-state index is 13.7. The lowest BCUT2D eigenvalue weighted by Gasteiger charge is -2.08. The Morgan fingerprint density at radius 1 is 1.44 bits per heavy atom. The molecule has 4 nitrogen and oxygen atoms in total. The van der Waals surface area contributed by atoms with Crippen LogP contribution in [0, 0.1) is 9.39 Å². The van der Waals surface area contributed by atoms with Gasteiger partial charge in [0.05, 0.1) is 16.5 Å². The van der Waals surface area contributed by atoms with Gasteiger partial charge in [0.15, 0.2) is 0 Å². The van der Waals surface area contributed by atoms with E-state index < -0.39 is 24.2 Å². The van der Waals surface area contributed by atoms with Gasteiger partial charge in [0.2, 0.25) is 0 Å². The largest absolute Gasteiger partial charge is 0.481 e. The van der Waals surface area contributed by atoms with Crippen LogP contribution in [0.25, 0.3) is 0 Å². The summed E-state index contributed by atoms with van der Waals surface area (Å²) in [6.07, 6.45) is -0.664. The normalized spacial score (nSPS) is 10.2. The molecule has 0 saturated carbocycles. The molecule has 0 amide bonds. The second kappa shape index (κ2) is 5.09. The lowest BCUT2D eigenvalue weighted by atomic mass is 10.0. The molecule has 86 valence electrons. The van der Waals surface area contributed by atoms with Crippen LogP contribution >= 0.6 is 38.5 Å². The molecule has 0 bridgehead atoms. The van der Waals surface area contributed by atoms with Crippen LogP contribution in [0.3, 0.4) is 0 Å². The molecule has 0 radical (unpaired) electrons. The van der Waals surface area contributed by atoms with Crippen LogP contribution in [0.15, 0.2) is 10.5 Å². The molecule has 0 aliphatic heterocycles. The van der Waals surface area contributed by atoms with Gasteiger partial charge in [-0.15, -0.1) is 0 Å². The van der Waals surface area contributed by atoms with Gasteiger partial charge in [0, 0.05) is 9.13 Å². The molecule has 0 spiro atoms. The molecule has 0 atom stereocenters. The van der Waals surface area contributed by atoms with Crippen LogP contribution in [0.1, 0.15) is 15.9 Å². The van der Waals surface area contributed by atoms with E-state index in [4.69, 9.17) is 10.2 Å². The maximum atomic E-state index is 13.7. The topological polar surface area (TPSA) is 74.6 Å². The number of carboxylic acid groups (broad SMARTS) is 2. The first kappa shape index (κ1) is 13.4. The molecular weight excluding hydrogens is 398 g/mol. The number of carboxylic acids is 2. The zero-order valence-corrected chi connectivity index (χ0v) is 11.4. The summed E-state index contributed by atoms with van der Waals surface area (Å²) in [6, 6.07) is 1.23. The van der Waals surface area contributed by atoms with Crippen molar-refractivity contribution in [2.24, 2.45) is 0 Å². The standard InChI is InChI=1S/C9H5BrFIO4/c10-7-5(12)1-4(9(15)16)3(8(7)11)2-6(13)14/h1H,2H2,(H,13,14)(H,15,16). The third-order valence-electron chi connectivity index (χ3n) is 1.82. The number of benzene rings is 1. The third kappa shape index (κ3) is 2.70. The number of carbonyl (C=O) groups is 2. The van der Waals surface area contributed by atoms with Crippen LogP contribution in [-0.4, -0.2) is 22.2 Å². The van der Waals surface area contributed by atoms with Gasteiger partial charge in [-0.1, -0.05) is 0 Å². The molecule has 1 rings (SSSR count). The van der Waals surface area contributed by atoms with Crippen LogP contribution in [0.2, 0.25) is 0 Å². The Morgan fingerprint density at radius 2 is 2.00 bits per heavy atom. The Bertz CT molecular complexity index is 475. The summed E-state index contributed by atoms with van der Waals surface area (Å²) in [6.45, 7) is 0. The van der Waals surface area contributed by atoms with Crippen LogP contribution in [-0.2, 0) is 11.2 Å². The van der Waals surface area contributed by atoms with E-state index in [1.165, 1.54) is 6.07 Å². The van der Waals surface area contributed by atoms with Crippen LogP contribution < -0.4 is 0 Å². The maximum Gasteiger partial charge on any atom is 0.336 e. The highest BCUT2D eigenvalue weighted by Crippen LogP contribution is 2.28. The summed E-state index contributed by atoms with van der Waals surface area (Å²) in [5.74, 6) is -3.47. The van der Waals surface area contributed by atoms with E-state index in [1.54, 1.807) is 22.6 Å². The molecule has 0 heterocycles. The highest BCUT2D eigenvalue weighted by atomic mass is 127. The van der Waals surface area contributed by atoms with Gasteiger partial charge in [-0.2, -0.15) is 0 Å². The summed E-state index contributed by atoms with van der Waals surface area (Å²) in [7, 11) is 0. The monoisotopic (exact) mass is 402 g/mol. The summed E-state index contributed by atoms with van der Waals surface area (Å²) < 4.78 is 14.1. The highest BCUT2D eigenvalue weighted by Gasteiger charge is 2.21. The summed E-state index contributed by atoms with van der Waals surface area (Å²) in [4.78, 5) is 21.4. The molecule has 0 aliphatic rings. The Labute approximate surface area is 112 Å². The number of rotatable bonds is 3. The fourth-order valence-electron chi connectivity index (χ4n) is 1.15. The van der Waals surface area contributed by atoms with E-state index in [0.29, 0.717) is 3.57 Å². The van der Waals surface area contributed by atoms with E-state index in [1.807, 2.05) is 0 Å². The Morgan fingerprint density at radius 3 is 2.44 bits per heavy atom. The minimum Gasteiger partial charge on any atom is -0.481 e. The number of aliphatic carboxylic acids is 1. The van der Waals surface area contributed by atoms with Crippen molar-refractivity contribution in [1.29, 1.82) is 0 Å². The van der Waals surface area contributed by atoms with Gasteiger partial charge in [-0.05, 0) is 44.6 Å². The summed E-state index contributed by atoms with van der Waals surface area (Å²) in [5, 5.41) is 17.4. The van der Waals surface area contributed by atoms with Crippen LogP contribution in [0.4, 0.5) is 4.39 Å². The average Bonchev–Trinajstić information content (AvgIpc) is 2.17. The molecule has 0 aromatic heterocycles. The zero-order chi connectivity index (χ0) is 12.5. The second-order valence-corrected chi connectivity index (χ2v) is 4.84. The molecule has 0 fully saturated rings. The lowest BCUT2D eigenvalue weighted by Crippen LogP contribution is -2.11. The van der Waals surface area contributed by atoms with Crippen molar-refractivity contribution >= 4 is 50.5 Å². The van der Waals surface area contributed by atoms with Gasteiger partial charge in [-0.3, -0.25) is 4.79 Å². The molecule has 1 aromatic carbocycles. The number of halogens is 3. The van der Waals surface area contributed by atoms with Gasteiger partial charge < -0.3 is 10.2 Å². The molecule has 16 heavy (non-hydrogen) atoms. The predicted octanol–water partition coefficient (Wildman–Crippen LogP) is 2.52. The van der Waals surface area contributed by atoms with Crippen molar-refractivity contribution in [3.8, 4) is 0 Å². The summed E-state index contributed by atoms with van der Waals surface area (Å²) in [5.41, 5.74) is -0.653. The molecule has 0 aliphatic carbocycles. The van der Waals surface area contributed by atoms with E-state index in [0.717, 1.165) is 0 Å². The molecule has 1 aromatic rings. The first-order chi connectivity index (χ1) is 7.34. The number of hydrogen-bond donors (Lipinski definition) is 2. The fraction of sp³-hybridized carbons (Fsp3) is 0.111. The van der Waals surface area contributed by atoms with Gasteiger partial charge >= 0.3 is 11.9 Å². The first-order valence-electron chi connectivity index (χ1n) is 3.96. The van der Waals surface area contributed by atoms with Crippen molar-refractivity contribution in [1.82, 2.24) is 0 Å². The highest BCUT2D eigenvalue weighted by molar-refractivity contribution is 14.1. The van der Waals surface area contributed by atoms with Crippen molar-refractivity contribution in [2.75, 3.05) is 0 Å². The predicted molar refractivity (Wildman–Crippen MR) is 65.1 cm³/mol. The molecule has 7 heteroatoms. The summed E-state index contributed by atoms with van der Waals surface area (Å²) >= 11 is 4.70. The SMILES string of the molecule is O=C(O)Cc1c(C(=O)O)cc(I)c(Br)c1F. The average molecular weight is 403 g/mol. The smallest absolute Gasteiger partial charge is 0.336 e. The minimum atomic E-state index is -1.35. The third-order valence-corrected chi connectivity index (χ3v) is 4.19. The fourth-order valence-corrected chi connectivity index (χ4v) is 2.05. The van der Waals surface area contributed by atoms with E-state index in [9.17, 15) is 14.0 Å². The van der Waals surface area contributed by atoms with Gasteiger partial charge in [0.25, 0.3) is 0 Å². The van der Waals surface area contributed by atoms with E-state index in [-0.39, 0.29) is 15.6 Å². The lowest BCUT2D eigenvalue weighted by molar-refractivity contribution is -0.136. The van der Waals surface area contributed by atoms with Gasteiger partial charge in [0.1, 0.15) is 5.82 Å². The Balaban J connectivity index is 3.47. The van der Waals surface area contributed by atoms with Crippen molar-refractivity contribution in [3.05, 3.63) is 31.1 Å². The Kier molecular flexibility index (Phi) is 4.25. The molecular formula is C9H5BrFIO4. The molecule has 0 unspecified atom stereocenters. The minimum absolute atomic E-state index is 0.0781. The molecule has 2 N–H and O–H groups in total. The molecule has 0 saturated heterocycles. The second-order valence-electron chi connectivity index (χ2n) is 2.89. The Hall–Kier alpha value is -0.700. The van der Waals surface area contributed by atoms with Crippen molar-refractivity contribution in [3.63, 3.8) is 0 Å². The van der Waals surface area contributed by atoms with Crippen molar-refractivity contribution < 1.29 is 24.2 Å². The van der Waals surface area contributed by atoms with E-state index >= 15 is 0 Å². The van der Waals surface area contributed by atoms with Crippen LogP contribution in [0.5, 0.6) is 0 Å². The van der Waals surface area contributed by atoms with Crippen molar-refractivity contribution in [2.45, 2.75) is 6.42 Å². The quantitative estimate of drug-likeness (QED) is 0.601. The van der Waals surface area contributed by atoms with E-state index in [2.05, 4.69) is 15.9 Å².